The maximum Gasteiger partial charge on any atom is 0.335 e. The van der Waals surface area contributed by atoms with Gasteiger partial charge in [0.1, 0.15) is 5.82 Å². The second kappa shape index (κ2) is 6.52. The summed E-state index contributed by atoms with van der Waals surface area (Å²) in [6.45, 7) is 6.31. The van der Waals surface area contributed by atoms with Crippen molar-refractivity contribution in [3.63, 3.8) is 0 Å². The highest BCUT2D eigenvalue weighted by Crippen LogP contribution is 2.18. The van der Waals surface area contributed by atoms with E-state index in [0.717, 1.165) is 42.9 Å². The van der Waals surface area contributed by atoms with Crippen LogP contribution in [0.15, 0.2) is 18.2 Å². The molecule has 1 aromatic heterocycles. The lowest BCUT2D eigenvalue weighted by Gasteiger charge is -2.07. The van der Waals surface area contributed by atoms with E-state index < -0.39 is 5.97 Å². The molecule has 2 rings (SSSR count). The SMILES string of the molecule is CCCOCCCn1c(C)nc2ccc(C(=O)O)cc21. The average molecular weight is 276 g/mol. The number of carbonyl (C=O) groups is 1. The highest BCUT2D eigenvalue weighted by molar-refractivity contribution is 5.92. The lowest BCUT2D eigenvalue weighted by atomic mass is 10.2. The Morgan fingerprint density at radius 3 is 2.90 bits per heavy atom. The lowest BCUT2D eigenvalue weighted by Crippen LogP contribution is -2.05. The Morgan fingerprint density at radius 2 is 2.20 bits per heavy atom. The first kappa shape index (κ1) is 14.5. The van der Waals surface area contributed by atoms with E-state index in [0.29, 0.717) is 12.2 Å². The Kier molecular flexibility index (Phi) is 4.74. The van der Waals surface area contributed by atoms with Crippen molar-refractivity contribution < 1.29 is 14.6 Å². The number of hydrogen-bond acceptors (Lipinski definition) is 3. The van der Waals surface area contributed by atoms with Gasteiger partial charge in [-0.3, -0.25) is 0 Å². The van der Waals surface area contributed by atoms with Crippen LogP contribution < -0.4 is 0 Å². The molecule has 0 radical (unpaired) electrons. The van der Waals surface area contributed by atoms with Crippen LogP contribution >= 0.6 is 0 Å². The molecule has 0 spiro atoms. The molecule has 0 atom stereocenters. The first-order valence-electron chi connectivity index (χ1n) is 6.91. The van der Waals surface area contributed by atoms with Crippen molar-refractivity contribution in [1.29, 1.82) is 0 Å². The summed E-state index contributed by atoms with van der Waals surface area (Å²) in [4.78, 5) is 15.5. The zero-order chi connectivity index (χ0) is 14.5. The predicted molar refractivity (Wildman–Crippen MR) is 77.2 cm³/mol. The molecule has 20 heavy (non-hydrogen) atoms. The first-order valence-corrected chi connectivity index (χ1v) is 6.91. The van der Waals surface area contributed by atoms with Crippen LogP contribution in [0.4, 0.5) is 0 Å². The normalized spacial score (nSPS) is 11.1. The second-order valence-electron chi connectivity index (χ2n) is 4.79. The molecule has 0 aliphatic heterocycles. The number of benzene rings is 1. The van der Waals surface area contributed by atoms with E-state index >= 15 is 0 Å². The molecule has 0 aliphatic carbocycles. The molecule has 0 unspecified atom stereocenters. The van der Waals surface area contributed by atoms with Gasteiger partial charge in [-0.15, -0.1) is 0 Å². The topological polar surface area (TPSA) is 64.4 Å². The minimum absolute atomic E-state index is 0.292. The Hall–Kier alpha value is -1.88. The Balaban J connectivity index is 2.16. The Labute approximate surface area is 118 Å². The van der Waals surface area contributed by atoms with Crippen molar-refractivity contribution in [2.45, 2.75) is 33.2 Å². The van der Waals surface area contributed by atoms with Crippen LogP contribution in [0.5, 0.6) is 0 Å². The molecule has 5 heteroatoms. The molecule has 0 fully saturated rings. The minimum atomic E-state index is -0.913. The van der Waals surface area contributed by atoms with Crippen LogP contribution in [0.2, 0.25) is 0 Å². The number of imidazole rings is 1. The van der Waals surface area contributed by atoms with Gasteiger partial charge < -0.3 is 14.4 Å². The van der Waals surface area contributed by atoms with E-state index in [1.54, 1.807) is 18.2 Å². The number of hydrogen-bond donors (Lipinski definition) is 1. The third-order valence-electron chi connectivity index (χ3n) is 3.20. The summed E-state index contributed by atoms with van der Waals surface area (Å²) in [6.07, 6.45) is 1.92. The fourth-order valence-corrected chi connectivity index (χ4v) is 2.23. The number of aryl methyl sites for hydroxylation is 2. The quantitative estimate of drug-likeness (QED) is 0.790. The van der Waals surface area contributed by atoms with Gasteiger partial charge in [-0.05, 0) is 38.0 Å². The maximum absolute atomic E-state index is 11.0. The van der Waals surface area contributed by atoms with Gasteiger partial charge in [-0.25, -0.2) is 9.78 Å². The van der Waals surface area contributed by atoms with Crippen LogP contribution in [-0.4, -0.2) is 33.8 Å². The van der Waals surface area contributed by atoms with E-state index in [2.05, 4.69) is 16.5 Å². The third-order valence-corrected chi connectivity index (χ3v) is 3.20. The highest BCUT2D eigenvalue weighted by Gasteiger charge is 2.10. The summed E-state index contributed by atoms with van der Waals surface area (Å²) in [7, 11) is 0. The molecule has 1 aromatic carbocycles. The van der Waals surface area contributed by atoms with E-state index in [9.17, 15) is 4.79 Å². The molecule has 0 amide bonds. The van der Waals surface area contributed by atoms with E-state index in [4.69, 9.17) is 9.84 Å². The molecule has 0 aliphatic rings. The van der Waals surface area contributed by atoms with Gasteiger partial charge in [0.25, 0.3) is 0 Å². The smallest absolute Gasteiger partial charge is 0.335 e. The van der Waals surface area contributed by atoms with E-state index in [-0.39, 0.29) is 0 Å². The number of ether oxygens (including phenoxy) is 1. The van der Waals surface area contributed by atoms with Gasteiger partial charge in [0, 0.05) is 19.8 Å². The number of aromatic nitrogens is 2. The van der Waals surface area contributed by atoms with Gasteiger partial charge in [-0.1, -0.05) is 6.92 Å². The molecule has 5 nitrogen and oxygen atoms in total. The highest BCUT2D eigenvalue weighted by atomic mass is 16.5. The number of carboxylic acids is 1. The van der Waals surface area contributed by atoms with Crippen molar-refractivity contribution in [2.75, 3.05) is 13.2 Å². The standard InChI is InChI=1S/C15H20N2O3/c1-3-8-20-9-4-7-17-11(2)16-13-6-5-12(15(18)19)10-14(13)17/h5-6,10H,3-4,7-9H2,1-2H3,(H,18,19). The molecule has 0 bridgehead atoms. The van der Waals surface area contributed by atoms with Crippen molar-refractivity contribution >= 4 is 17.0 Å². The van der Waals surface area contributed by atoms with Crippen molar-refractivity contribution in [1.82, 2.24) is 9.55 Å². The molecule has 1 N–H and O–H groups in total. The van der Waals surface area contributed by atoms with Crippen molar-refractivity contribution in [3.8, 4) is 0 Å². The summed E-state index contributed by atoms with van der Waals surface area (Å²) in [5, 5.41) is 9.07. The molecular formula is C15H20N2O3. The van der Waals surface area contributed by atoms with Crippen LogP contribution in [-0.2, 0) is 11.3 Å². The zero-order valence-corrected chi connectivity index (χ0v) is 11.9. The third kappa shape index (κ3) is 3.17. The number of carboxylic acid groups (broad SMARTS) is 1. The van der Waals surface area contributed by atoms with Crippen LogP contribution in [0.25, 0.3) is 11.0 Å². The molecule has 1 heterocycles. The van der Waals surface area contributed by atoms with Crippen LogP contribution in [0, 0.1) is 6.92 Å². The summed E-state index contributed by atoms with van der Waals surface area (Å²) in [5.74, 6) is -0.0124. The van der Waals surface area contributed by atoms with Gasteiger partial charge >= 0.3 is 5.97 Å². The number of fused-ring (bicyclic) bond motifs is 1. The number of aromatic carboxylic acids is 1. The summed E-state index contributed by atoms with van der Waals surface area (Å²) in [5.41, 5.74) is 2.00. The molecule has 0 saturated carbocycles. The van der Waals surface area contributed by atoms with Gasteiger partial charge in [0.15, 0.2) is 0 Å². The van der Waals surface area contributed by atoms with E-state index in [1.807, 2.05) is 6.92 Å². The fourth-order valence-electron chi connectivity index (χ4n) is 2.23. The molecular weight excluding hydrogens is 256 g/mol. The van der Waals surface area contributed by atoms with Crippen molar-refractivity contribution in [2.24, 2.45) is 0 Å². The van der Waals surface area contributed by atoms with Crippen LogP contribution in [0.1, 0.15) is 35.9 Å². The largest absolute Gasteiger partial charge is 0.478 e. The van der Waals surface area contributed by atoms with Gasteiger partial charge in [0.2, 0.25) is 0 Å². The number of nitrogens with zero attached hydrogens (tertiary/aromatic N) is 2. The minimum Gasteiger partial charge on any atom is -0.478 e. The van der Waals surface area contributed by atoms with Gasteiger partial charge in [-0.2, -0.15) is 0 Å². The first-order chi connectivity index (χ1) is 9.63. The van der Waals surface area contributed by atoms with Gasteiger partial charge in [0.05, 0.1) is 16.6 Å². The average Bonchev–Trinajstić information content (AvgIpc) is 2.73. The zero-order valence-electron chi connectivity index (χ0n) is 11.9. The summed E-state index contributed by atoms with van der Waals surface area (Å²) < 4.78 is 7.52. The Morgan fingerprint density at radius 1 is 1.40 bits per heavy atom. The predicted octanol–water partition coefficient (Wildman–Crippen LogP) is 2.86. The molecule has 108 valence electrons. The summed E-state index contributed by atoms with van der Waals surface area (Å²) >= 11 is 0. The summed E-state index contributed by atoms with van der Waals surface area (Å²) in [6, 6.07) is 5.03. The van der Waals surface area contributed by atoms with Crippen LogP contribution in [0.3, 0.4) is 0 Å². The Bertz CT molecular complexity index is 604. The molecule has 2 aromatic rings. The molecule has 0 saturated heterocycles. The van der Waals surface area contributed by atoms with Crippen molar-refractivity contribution in [3.05, 3.63) is 29.6 Å². The second-order valence-corrected chi connectivity index (χ2v) is 4.79. The number of rotatable bonds is 7. The maximum atomic E-state index is 11.0. The fraction of sp³-hybridized carbons (Fsp3) is 0.467. The monoisotopic (exact) mass is 276 g/mol. The lowest BCUT2D eigenvalue weighted by molar-refractivity contribution is 0.0697. The van der Waals surface area contributed by atoms with E-state index in [1.165, 1.54) is 0 Å².